The largest absolute Gasteiger partial charge is 0.481 e. The molecule has 0 amide bonds. The number of hydrogen-bond acceptors (Lipinski definition) is 3. The molecule has 5 nitrogen and oxygen atoms in total. The quantitative estimate of drug-likeness (QED) is 0.536. The van der Waals surface area contributed by atoms with E-state index in [1.807, 2.05) is 0 Å². The minimum atomic E-state index is -0.708. The molecule has 16 heavy (non-hydrogen) atoms. The minimum Gasteiger partial charge on any atom is -0.481 e. The third-order valence-electron chi connectivity index (χ3n) is 2.71. The summed E-state index contributed by atoms with van der Waals surface area (Å²) < 4.78 is 6.45. The zero-order chi connectivity index (χ0) is 12.2. The van der Waals surface area contributed by atoms with Gasteiger partial charge in [-0.3, -0.25) is 9.28 Å². The predicted octanol–water partition coefficient (Wildman–Crippen LogP) is 0.563. The fourth-order valence-electron chi connectivity index (χ4n) is 2.02. The lowest BCUT2D eigenvalue weighted by molar-refractivity contribution is -0.929. The Morgan fingerprint density at radius 3 is 2.69 bits per heavy atom. The van der Waals surface area contributed by atoms with Crippen LogP contribution in [0.3, 0.4) is 0 Å². The van der Waals surface area contributed by atoms with Gasteiger partial charge in [0.15, 0.2) is 0 Å². The van der Waals surface area contributed by atoms with Crippen LogP contribution in [0.5, 0.6) is 0 Å². The number of ether oxygens (including phenoxy) is 1. The van der Waals surface area contributed by atoms with Gasteiger partial charge < -0.3 is 9.84 Å². The Morgan fingerprint density at radius 2 is 2.12 bits per heavy atom. The van der Waals surface area contributed by atoms with Gasteiger partial charge in [0, 0.05) is 19.5 Å². The number of hydrogen-bond donors (Lipinski definition) is 1. The van der Waals surface area contributed by atoms with Gasteiger partial charge in [-0.2, -0.15) is 0 Å². The lowest BCUT2D eigenvalue weighted by Crippen LogP contribution is -2.53. The normalized spacial score (nSPS) is 22.6. The molecule has 1 atom stereocenters. The molecule has 1 fully saturated rings. The van der Waals surface area contributed by atoms with E-state index in [1.54, 1.807) is 0 Å². The van der Waals surface area contributed by atoms with Gasteiger partial charge in [0.25, 0.3) is 6.35 Å². The van der Waals surface area contributed by atoms with Crippen molar-refractivity contribution in [2.45, 2.75) is 25.6 Å². The van der Waals surface area contributed by atoms with Crippen LogP contribution in [0.1, 0.15) is 19.3 Å². The van der Waals surface area contributed by atoms with E-state index in [2.05, 4.69) is 26.0 Å². The molecule has 0 spiro atoms. The van der Waals surface area contributed by atoms with Gasteiger partial charge >= 0.3 is 5.97 Å². The molecule has 0 bridgehead atoms. The van der Waals surface area contributed by atoms with Crippen molar-refractivity contribution in [3.8, 4) is 0 Å². The standard InChI is InChI=1S/C11H22N2O3/c1-13(2,3)11-12(8-9-16-11)7-5-4-6-10(14)15/h11H,4-9H2,1-3H3/p+1/t11-/m1/s1. The predicted molar refractivity (Wildman–Crippen MR) is 60.8 cm³/mol. The molecule has 1 saturated heterocycles. The molecule has 1 rings (SSSR count). The summed E-state index contributed by atoms with van der Waals surface area (Å²) in [6, 6.07) is 0. The molecule has 94 valence electrons. The number of quaternary nitrogens is 1. The molecule has 0 unspecified atom stereocenters. The number of carboxylic acids is 1. The van der Waals surface area contributed by atoms with Gasteiger partial charge in [0.1, 0.15) is 0 Å². The van der Waals surface area contributed by atoms with E-state index < -0.39 is 5.97 Å². The Labute approximate surface area is 97.2 Å². The van der Waals surface area contributed by atoms with Crippen molar-refractivity contribution in [2.24, 2.45) is 0 Å². The molecule has 0 aromatic heterocycles. The molecule has 0 saturated carbocycles. The molecule has 1 aliphatic heterocycles. The molecule has 1 N–H and O–H groups in total. The first-order valence-electron chi connectivity index (χ1n) is 5.80. The third-order valence-corrected chi connectivity index (χ3v) is 2.71. The molecular weight excluding hydrogens is 208 g/mol. The van der Waals surface area contributed by atoms with Crippen LogP contribution >= 0.6 is 0 Å². The van der Waals surface area contributed by atoms with Crippen LogP contribution in [0.15, 0.2) is 0 Å². The summed E-state index contributed by atoms with van der Waals surface area (Å²) in [6.07, 6.45) is 2.05. The van der Waals surface area contributed by atoms with Crippen LogP contribution in [0.25, 0.3) is 0 Å². The third kappa shape index (κ3) is 4.08. The van der Waals surface area contributed by atoms with Gasteiger partial charge in [-0.1, -0.05) is 0 Å². The van der Waals surface area contributed by atoms with E-state index in [4.69, 9.17) is 9.84 Å². The summed E-state index contributed by atoms with van der Waals surface area (Å²) in [5.74, 6) is -0.708. The smallest absolute Gasteiger partial charge is 0.303 e. The van der Waals surface area contributed by atoms with Gasteiger partial charge in [-0.15, -0.1) is 0 Å². The van der Waals surface area contributed by atoms with Crippen LogP contribution in [-0.2, 0) is 9.53 Å². The lowest BCUT2D eigenvalue weighted by Gasteiger charge is -2.35. The molecular formula is C11H23N2O3+. The molecule has 1 aliphatic rings. The van der Waals surface area contributed by atoms with Crippen LogP contribution in [0, 0.1) is 0 Å². The van der Waals surface area contributed by atoms with Crippen molar-refractivity contribution in [3.05, 3.63) is 0 Å². The number of rotatable bonds is 6. The maximum absolute atomic E-state index is 10.4. The number of carboxylic acid groups (broad SMARTS) is 1. The Morgan fingerprint density at radius 1 is 1.44 bits per heavy atom. The zero-order valence-corrected chi connectivity index (χ0v) is 10.5. The Kier molecular flexibility index (Phi) is 4.70. The van der Waals surface area contributed by atoms with Crippen LogP contribution in [0.2, 0.25) is 0 Å². The highest BCUT2D eigenvalue weighted by atomic mass is 16.5. The molecule has 0 aliphatic carbocycles. The highest BCUT2D eigenvalue weighted by molar-refractivity contribution is 5.66. The Balaban J connectivity index is 2.28. The fourth-order valence-corrected chi connectivity index (χ4v) is 2.02. The summed E-state index contributed by atoms with van der Waals surface area (Å²) in [6.45, 7) is 2.65. The van der Waals surface area contributed by atoms with Gasteiger partial charge in [0.05, 0.1) is 27.7 Å². The lowest BCUT2D eigenvalue weighted by atomic mass is 10.2. The maximum atomic E-state index is 10.4. The van der Waals surface area contributed by atoms with Crippen molar-refractivity contribution in [3.63, 3.8) is 0 Å². The maximum Gasteiger partial charge on any atom is 0.303 e. The van der Waals surface area contributed by atoms with E-state index in [9.17, 15) is 4.79 Å². The summed E-state index contributed by atoms with van der Waals surface area (Å²) in [5.41, 5.74) is 0. The van der Waals surface area contributed by atoms with Crippen LogP contribution in [-0.4, -0.2) is 67.7 Å². The molecule has 0 radical (unpaired) electrons. The fraction of sp³-hybridized carbons (Fsp3) is 0.909. The van der Waals surface area contributed by atoms with Crippen molar-refractivity contribution < 1.29 is 19.1 Å². The second-order valence-electron chi connectivity index (χ2n) is 5.20. The van der Waals surface area contributed by atoms with E-state index in [-0.39, 0.29) is 12.8 Å². The van der Waals surface area contributed by atoms with E-state index in [1.165, 1.54) is 0 Å². The van der Waals surface area contributed by atoms with Crippen molar-refractivity contribution in [1.82, 2.24) is 4.90 Å². The van der Waals surface area contributed by atoms with Gasteiger partial charge in [0.2, 0.25) is 0 Å². The monoisotopic (exact) mass is 231 g/mol. The van der Waals surface area contributed by atoms with Crippen molar-refractivity contribution in [1.29, 1.82) is 0 Å². The molecule has 5 heteroatoms. The summed E-state index contributed by atoms with van der Waals surface area (Å²) >= 11 is 0. The first-order valence-corrected chi connectivity index (χ1v) is 5.80. The van der Waals surface area contributed by atoms with Gasteiger partial charge in [-0.25, -0.2) is 4.90 Å². The van der Waals surface area contributed by atoms with Crippen LogP contribution in [0.4, 0.5) is 0 Å². The first kappa shape index (κ1) is 13.4. The average Bonchev–Trinajstić information content (AvgIpc) is 2.59. The molecule has 0 aromatic carbocycles. The number of carbonyl (C=O) groups is 1. The van der Waals surface area contributed by atoms with E-state index >= 15 is 0 Å². The first-order chi connectivity index (χ1) is 7.41. The topological polar surface area (TPSA) is 49.8 Å². The highest BCUT2D eigenvalue weighted by Crippen LogP contribution is 2.17. The minimum absolute atomic E-state index is 0.116. The average molecular weight is 231 g/mol. The summed E-state index contributed by atoms with van der Waals surface area (Å²) in [5, 5.41) is 8.55. The van der Waals surface area contributed by atoms with Crippen molar-refractivity contribution in [2.75, 3.05) is 40.8 Å². The van der Waals surface area contributed by atoms with Gasteiger partial charge in [-0.05, 0) is 12.8 Å². The highest BCUT2D eigenvalue weighted by Gasteiger charge is 2.35. The van der Waals surface area contributed by atoms with Crippen molar-refractivity contribution >= 4 is 5.97 Å². The Hall–Kier alpha value is -0.650. The SMILES string of the molecule is C[N+](C)(C)[C@@H]1OCCN1CCCCC(=O)O. The van der Waals surface area contributed by atoms with E-state index in [0.717, 1.165) is 37.0 Å². The van der Waals surface area contributed by atoms with E-state index in [0.29, 0.717) is 0 Å². The zero-order valence-electron chi connectivity index (χ0n) is 10.5. The van der Waals surface area contributed by atoms with Crippen LogP contribution < -0.4 is 0 Å². The second-order valence-corrected chi connectivity index (χ2v) is 5.20. The molecule has 1 heterocycles. The Bertz CT molecular complexity index is 238. The number of aliphatic carboxylic acids is 1. The number of unbranched alkanes of at least 4 members (excludes halogenated alkanes) is 1. The second kappa shape index (κ2) is 5.61. The molecule has 0 aromatic rings. The summed E-state index contributed by atoms with van der Waals surface area (Å²) in [7, 11) is 6.33. The summed E-state index contributed by atoms with van der Waals surface area (Å²) in [4.78, 5) is 12.7. The number of nitrogens with zero attached hydrogens (tertiary/aromatic N) is 2.